The fraction of sp³-hybridized carbons (Fsp3) is 0. The minimum Gasteiger partial charge on any atom is -0.328 e. The minimum absolute atomic E-state index is 0. The van der Waals surface area contributed by atoms with E-state index in [9.17, 15) is 0 Å². The molecule has 0 aliphatic rings. The molecule has 0 amide bonds. The Bertz CT molecular complexity index is 29.9. The van der Waals surface area contributed by atoms with Gasteiger partial charge in [-0.25, -0.2) is 0 Å². The second-order valence-corrected chi connectivity index (χ2v) is 0.238. The van der Waals surface area contributed by atoms with Crippen molar-refractivity contribution in [1.82, 2.24) is 0 Å². The maximum absolute atomic E-state index is 8.36. The van der Waals surface area contributed by atoms with Crippen LogP contribution in [0, 0.1) is 10.1 Å². The Morgan fingerprint density at radius 2 is 1.80 bits per heavy atom. The molecule has 0 aromatic heterocycles. The molecule has 0 aliphatic carbocycles. The molecule has 0 aromatic rings. The van der Waals surface area contributed by atoms with Gasteiger partial charge in [-0.3, -0.25) is 0 Å². The Kier molecular flexibility index (Phi) is 6.57. The fourth-order valence-corrected chi connectivity index (χ4v) is 0. The van der Waals surface area contributed by atoms with Crippen molar-refractivity contribution in [2.24, 2.45) is 0 Å². The first-order valence-electron chi connectivity index (χ1n) is 0.565. The van der Waals surface area contributed by atoms with Crippen LogP contribution in [-0.4, -0.2) is 10.3 Å². The molecule has 0 aliphatic heterocycles. The van der Waals surface area contributed by atoms with Gasteiger partial charge in [0.25, 0.3) is 5.09 Å². The Labute approximate surface area is 38.4 Å². The standard InChI is InChI=1S/Fe.HNO3/c;2-1(3)4/h;(H,2,3,4)/q+2;. The van der Waals surface area contributed by atoms with Crippen molar-refractivity contribution in [1.29, 1.82) is 0 Å². The van der Waals surface area contributed by atoms with E-state index in [0.717, 1.165) is 0 Å². The molecule has 0 saturated carbocycles. The second kappa shape index (κ2) is 3.72. The van der Waals surface area contributed by atoms with Crippen LogP contribution >= 0.6 is 0 Å². The molecule has 0 radical (unpaired) electrons. The van der Waals surface area contributed by atoms with Gasteiger partial charge in [0, 0.05) is 0 Å². The van der Waals surface area contributed by atoms with Crippen LogP contribution in [0.25, 0.3) is 0 Å². The fourth-order valence-electron chi connectivity index (χ4n) is 0. The van der Waals surface area contributed by atoms with E-state index >= 15 is 0 Å². The third-order valence-corrected chi connectivity index (χ3v) is 0. The Hall–Kier alpha value is -0.281. The summed E-state index contributed by atoms with van der Waals surface area (Å²) in [5, 5.41) is 13.6. The summed E-state index contributed by atoms with van der Waals surface area (Å²) in [4.78, 5) is 8.36. The van der Waals surface area contributed by atoms with Crippen molar-refractivity contribution in [2.45, 2.75) is 0 Å². The SMILES string of the molecule is O=[N+]([O-])O.[Fe+2]. The maximum Gasteiger partial charge on any atom is 2.00 e. The van der Waals surface area contributed by atoms with Crippen molar-refractivity contribution < 1.29 is 27.4 Å². The van der Waals surface area contributed by atoms with E-state index in [2.05, 4.69) is 0 Å². The first-order chi connectivity index (χ1) is 1.73. The zero-order valence-electron chi connectivity index (χ0n) is 2.06. The molecule has 5 heteroatoms. The summed E-state index contributed by atoms with van der Waals surface area (Å²) in [6.07, 6.45) is 0. The van der Waals surface area contributed by atoms with Crippen LogP contribution in [-0.2, 0) is 17.1 Å². The molecule has 0 rings (SSSR count). The topological polar surface area (TPSA) is 63.4 Å². The normalized spacial score (nSPS) is 4.80. The van der Waals surface area contributed by atoms with Gasteiger partial charge < -0.3 is 5.21 Å². The summed E-state index contributed by atoms with van der Waals surface area (Å²) in [6, 6.07) is 0. The van der Waals surface area contributed by atoms with Crippen molar-refractivity contribution >= 4 is 0 Å². The average molecular weight is 119 g/mol. The van der Waals surface area contributed by atoms with E-state index in [4.69, 9.17) is 15.3 Å². The predicted octanol–water partition coefficient (Wildman–Crippen LogP) is -0.350. The van der Waals surface area contributed by atoms with Crippen LogP contribution < -0.4 is 0 Å². The molecule has 1 N–H and O–H groups in total. The third-order valence-electron chi connectivity index (χ3n) is 0. The van der Waals surface area contributed by atoms with E-state index in [1.165, 1.54) is 0 Å². The van der Waals surface area contributed by atoms with Gasteiger partial charge in [0.1, 0.15) is 0 Å². The molecule has 0 saturated heterocycles. The Balaban J connectivity index is 0. The third kappa shape index (κ3) is 140. The summed E-state index contributed by atoms with van der Waals surface area (Å²) in [5.74, 6) is 0. The van der Waals surface area contributed by atoms with Gasteiger partial charge >= 0.3 is 17.1 Å². The molecule has 0 heterocycles. The smallest absolute Gasteiger partial charge is 0.328 e. The van der Waals surface area contributed by atoms with Gasteiger partial charge in [-0.05, 0) is 0 Å². The molecule has 4 nitrogen and oxygen atoms in total. The molecule has 0 spiro atoms. The van der Waals surface area contributed by atoms with Gasteiger partial charge in [-0.2, -0.15) is 0 Å². The molecule has 0 aromatic carbocycles. The number of hydrogen-bond donors (Lipinski definition) is 1. The van der Waals surface area contributed by atoms with Crippen LogP contribution in [0.5, 0.6) is 0 Å². The van der Waals surface area contributed by atoms with Gasteiger partial charge in [-0.1, -0.05) is 0 Å². The number of nitrogens with zero attached hydrogens (tertiary/aromatic N) is 1. The van der Waals surface area contributed by atoms with E-state index in [-0.39, 0.29) is 17.1 Å². The summed E-state index contributed by atoms with van der Waals surface area (Å²) in [6.45, 7) is 0. The van der Waals surface area contributed by atoms with E-state index in [1.807, 2.05) is 0 Å². The monoisotopic (exact) mass is 119 g/mol. The quantitative estimate of drug-likeness (QED) is 0.269. The van der Waals surface area contributed by atoms with E-state index in [1.54, 1.807) is 0 Å². The molecule has 0 unspecified atom stereocenters. The van der Waals surface area contributed by atoms with Gasteiger partial charge in [0.2, 0.25) is 0 Å². The van der Waals surface area contributed by atoms with Crippen molar-refractivity contribution in [3.8, 4) is 0 Å². The Morgan fingerprint density at radius 3 is 1.80 bits per heavy atom. The van der Waals surface area contributed by atoms with Gasteiger partial charge in [0.15, 0.2) is 0 Å². The molecular formula is HFeNO3+2. The van der Waals surface area contributed by atoms with Crippen molar-refractivity contribution in [2.75, 3.05) is 0 Å². The number of rotatable bonds is 0. The molecule has 5 heavy (non-hydrogen) atoms. The van der Waals surface area contributed by atoms with Crippen LogP contribution in [0.1, 0.15) is 0 Å². The maximum atomic E-state index is 8.36. The minimum atomic E-state index is -1.50. The zero-order valence-corrected chi connectivity index (χ0v) is 3.17. The van der Waals surface area contributed by atoms with Crippen LogP contribution in [0.2, 0.25) is 0 Å². The van der Waals surface area contributed by atoms with Crippen LogP contribution in [0.3, 0.4) is 0 Å². The molecule has 30 valence electrons. The predicted molar refractivity (Wildman–Crippen MR) is 8.78 cm³/mol. The van der Waals surface area contributed by atoms with Crippen molar-refractivity contribution in [3.63, 3.8) is 0 Å². The summed E-state index contributed by atoms with van der Waals surface area (Å²) in [7, 11) is 0. The first kappa shape index (κ1) is 8.83. The molecule has 0 atom stereocenters. The summed E-state index contributed by atoms with van der Waals surface area (Å²) < 4.78 is 0. The van der Waals surface area contributed by atoms with E-state index in [0.29, 0.717) is 0 Å². The van der Waals surface area contributed by atoms with Crippen LogP contribution in [0.15, 0.2) is 0 Å². The second-order valence-electron chi connectivity index (χ2n) is 0.238. The molecule has 0 bridgehead atoms. The molecular weight excluding hydrogens is 118 g/mol. The summed E-state index contributed by atoms with van der Waals surface area (Å²) >= 11 is 0. The zero-order chi connectivity index (χ0) is 3.58. The van der Waals surface area contributed by atoms with Crippen molar-refractivity contribution in [3.05, 3.63) is 10.1 Å². The largest absolute Gasteiger partial charge is 2.00 e. The Morgan fingerprint density at radius 1 is 1.80 bits per heavy atom. The summed E-state index contributed by atoms with van der Waals surface area (Å²) in [5.41, 5.74) is 0. The van der Waals surface area contributed by atoms with E-state index < -0.39 is 5.09 Å². The molecule has 0 fully saturated rings. The van der Waals surface area contributed by atoms with Crippen LogP contribution in [0.4, 0.5) is 0 Å². The first-order valence-corrected chi connectivity index (χ1v) is 0.565. The number of hydrogen-bond acceptors (Lipinski definition) is 2. The van der Waals surface area contributed by atoms with Gasteiger partial charge in [0.05, 0.1) is 0 Å². The van der Waals surface area contributed by atoms with Gasteiger partial charge in [-0.15, -0.1) is 10.1 Å². The average Bonchev–Trinajstić information content (AvgIpc) is 0.811.